The molecule has 2 aliphatic rings. The highest BCUT2D eigenvalue weighted by Crippen LogP contribution is 2.48. The number of ketones is 1. The van der Waals surface area contributed by atoms with E-state index in [-0.39, 0.29) is 48.6 Å². The number of anilines is 1. The summed E-state index contributed by atoms with van der Waals surface area (Å²) in [6, 6.07) is 7.48. The van der Waals surface area contributed by atoms with Gasteiger partial charge in [0.25, 0.3) is 0 Å². The van der Waals surface area contributed by atoms with Crippen molar-refractivity contribution in [1.29, 1.82) is 0 Å². The molecular weight excluding hydrogens is 446 g/mol. The highest BCUT2D eigenvalue weighted by molar-refractivity contribution is 6.21. The maximum absolute atomic E-state index is 14.3. The molecule has 0 spiro atoms. The number of hydrogen-bond acceptors (Lipinski definition) is 7. The number of amides is 1. The molecule has 11 heteroatoms. The molecule has 170 valence electrons. The average Bonchev–Trinajstić information content (AvgIpc) is 3.31. The summed E-state index contributed by atoms with van der Waals surface area (Å²) in [5.41, 5.74) is -0.223. The number of nitrogens with one attached hydrogen (secondary N) is 1. The predicted molar refractivity (Wildman–Crippen MR) is 115 cm³/mol. The second-order valence-corrected chi connectivity index (χ2v) is 8.21. The molecule has 0 radical (unpaired) electrons. The number of carbonyl (C=O) groups excluding carboxylic acids is 2. The van der Waals surface area contributed by atoms with Crippen LogP contribution in [0.1, 0.15) is 24.5 Å². The number of halogens is 2. The topological polar surface area (TPSA) is 112 Å². The van der Waals surface area contributed by atoms with E-state index in [0.717, 1.165) is 6.20 Å². The fraction of sp³-hybridized carbons (Fsp3) is 0.217. The van der Waals surface area contributed by atoms with Crippen molar-refractivity contribution in [3.05, 3.63) is 59.3 Å². The largest absolute Gasteiger partial charge is 0.477 e. The zero-order chi connectivity index (χ0) is 23.6. The zero-order valence-corrected chi connectivity index (χ0v) is 17.8. The molecule has 3 aromatic heterocycles. The van der Waals surface area contributed by atoms with Gasteiger partial charge in [-0.15, -0.1) is 0 Å². The van der Waals surface area contributed by atoms with Crippen LogP contribution in [-0.4, -0.2) is 43.0 Å². The number of hydrogen-bond donors (Lipinski definition) is 1. The molecular formula is C23H16F2N6O3. The van der Waals surface area contributed by atoms with Crippen LogP contribution in [0.15, 0.2) is 36.5 Å². The third-order valence-electron chi connectivity index (χ3n) is 6.28. The molecule has 0 fully saturated rings. The average molecular weight is 462 g/mol. The summed E-state index contributed by atoms with van der Waals surface area (Å²) >= 11 is 0. The fourth-order valence-corrected chi connectivity index (χ4v) is 4.60. The van der Waals surface area contributed by atoms with Crippen LogP contribution >= 0.6 is 0 Å². The van der Waals surface area contributed by atoms with E-state index in [1.54, 1.807) is 18.2 Å². The molecule has 9 nitrogen and oxygen atoms in total. The third kappa shape index (κ3) is 2.76. The first-order chi connectivity index (χ1) is 16.4. The van der Waals surface area contributed by atoms with Gasteiger partial charge in [0, 0.05) is 12.0 Å². The van der Waals surface area contributed by atoms with Crippen molar-refractivity contribution in [2.45, 2.75) is 25.3 Å². The molecule has 0 saturated carbocycles. The first kappa shape index (κ1) is 20.3. The number of carbonyl (C=O) groups is 2. The van der Waals surface area contributed by atoms with E-state index in [1.807, 2.05) is 0 Å². The number of ether oxygens (including phenoxy) is 1. The van der Waals surface area contributed by atoms with E-state index in [1.165, 1.54) is 23.7 Å². The minimum atomic E-state index is -1.39. The summed E-state index contributed by atoms with van der Waals surface area (Å²) in [5, 5.41) is 7.47. The SMILES string of the molecule is CC(=O)[C@]12CCOc3nc(-c4nn(Cc5ccccc5F)c5ncc(F)cc45)nc(c31)NC2=O. The van der Waals surface area contributed by atoms with Crippen molar-refractivity contribution in [3.8, 4) is 17.4 Å². The Morgan fingerprint density at radius 2 is 2.09 bits per heavy atom. The Morgan fingerprint density at radius 1 is 1.26 bits per heavy atom. The van der Waals surface area contributed by atoms with E-state index < -0.39 is 23.0 Å². The second-order valence-electron chi connectivity index (χ2n) is 8.21. The Balaban J connectivity index is 1.54. The van der Waals surface area contributed by atoms with Crippen LogP contribution in [0, 0.1) is 11.6 Å². The van der Waals surface area contributed by atoms with Gasteiger partial charge >= 0.3 is 0 Å². The molecule has 0 aliphatic carbocycles. The van der Waals surface area contributed by atoms with Crippen molar-refractivity contribution in [1.82, 2.24) is 24.7 Å². The van der Waals surface area contributed by atoms with E-state index >= 15 is 0 Å². The van der Waals surface area contributed by atoms with Crippen LogP contribution in [0.3, 0.4) is 0 Å². The van der Waals surface area contributed by atoms with Gasteiger partial charge in [0.15, 0.2) is 11.5 Å². The molecule has 0 unspecified atom stereocenters. The lowest BCUT2D eigenvalue weighted by Crippen LogP contribution is -2.44. The molecule has 0 saturated heterocycles. The number of benzene rings is 1. The Bertz CT molecular complexity index is 1530. The van der Waals surface area contributed by atoms with Crippen LogP contribution in [0.25, 0.3) is 22.6 Å². The smallest absolute Gasteiger partial charge is 0.244 e. The number of rotatable bonds is 4. The zero-order valence-electron chi connectivity index (χ0n) is 17.8. The predicted octanol–water partition coefficient (Wildman–Crippen LogP) is 2.78. The standard InChI is InChI=1S/C23H16F2N6O3/c1-11(32)23-6-7-34-21-16(23)18(29-22(23)33)27-19(28-21)17-14-8-13(24)9-26-20(14)31(30-17)10-12-4-2-3-5-15(12)25/h2-5,8-9H,6-7,10H2,1H3,(H,27,28,29,33)/t23-/m1/s1. The molecule has 34 heavy (non-hydrogen) atoms. The number of Topliss-reactive ketones (excluding diaryl/α,β-unsaturated/α-hetero) is 1. The highest BCUT2D eigenvalue weighted by atomic mass is 19.1. The van der Waals surface area contributed by atoms with Gasteiger partial charge in [-0.3, -0.25) is 9.59 Å². The van der Waals surface area contributed by atoms with Crippen molar-refractivity contribution in [2.24, 2.45) is 0 Å². The molecule has 6 rings (SSSR count). The minimum absolute atomic E-state index is 0.0420. The number of fused-ring (bicyclic) bond motifs is 1. The Kier molecular flexibility index (Phi) is 4.25. The number of pyridine rings is 1. The summed E-state index contributed by atoms with van der Waals surface area (Å²) in [4.78, 5) is 38.3. The van der Waals surface area contributed by atoms with Crippen LogP contribution in [0.4, 0.5) is 14.6 Å². The Hall–Kier alpha value is -4.28. The van der Waals surface area contributed by atoms with Crippen LogP contribution in [0.2, 0.25) is 0 Å². The summed E-state index contributed by atoms with van der Waals surface area (Å²) < 4.78 is 35.5. The monoisotopic (exact) mass is 462 g/mol. The van der Waals surface area contributed by atoms with Gasteiger partial charge in [-0.05, 0) is 19.1 Å². The summed E-state index contributed by atoms with van der Waals surface area (Å²) in [6.07, 6.45) is 1.23. The Labute approximate surface area is 190 Å². The van der Waals surface area contributed by atoms with E-state index in [2.05, 4.69) is 25.4 Å². The lowest BCUT2D eigenvalue weighted by molar-refractivity contribution is -0.133. The van der Waals surface area contributed by atoms with Crippen molar-refractivity contribution in [3.63, 3.8) is 0 Å². The molecule has 4 aromatic rings. The van der Waals surface area contributed by atoms with Gasteiger partial charge in [-0.1, -0.05) is 18.2 Å². The molecule has 1 N–H and O–H groups in total. The second kappa shape index (κ2) is 7.11. The van der Waals surface area contributed by atoms with Crippen LogP contribution in [0.5, 0.6) is 5.88 Å². The number of nitrogens with zero attached hydrogens (tertiary/aromatic N) is 5. The normalized spacial score (nSPS) is 18.5. The van der Waals surface area contributed by atoms with Crippen molar-refractivity contribution >= 4 is 28.5 Å². The van der Waals surface area contributed by atoms with Crippen LogP contribution < -0.4 is 10.1 Å². The third-order valence-corrected chi connectivity index (χ3v) is 6.28. The van der Waals surface area contributed by atoms with E-state index in [9.17, 15) is 18.4 Å². The summed E-state index contributed by atoms with van der Waals surface area (Å²) in [5.74, 6) is -1.50. The highest BCUT2D eigenvalue weighted by Gasteiger charge is 2.56. The van der Waals surface area contributed by atoms with Gasteiger partial charge in [0.05, 0.1) is 30.3 Å². The maximum atomic E-state index is 14.3. The van der Waals surface area contributed by atoms with Crippen LogP contribution in [-0.2, 0) is 21.5 Å². The minimum Gasteiger partial charge on any atom is -0.477 e. The van der Waals surface area contributed by atoms with E-state index in [0.29, 0.717) is 22.2 Å². The van der Waals surface area contributed by atoms with Gasteiger partial charge in [0.2, 0.25) is 11.8 Å². The van der Waals surface area contributed by atoms with Crippen molar-refractivity contribution in [2.75, 3.05) is 11.9 Å². The first-order valence-electron chi connectivity index (χ1n) is 10.5. The quantitative estimate of drug-likeness (QED) is 0.464. The number of aromatic nitrogens is 5. The lowest BCUT2D eigenvalue weighted by atomic mass is 9.75. The molecule has 1 aromatic carbocycles. The van der Waals surface area contributed by atoms with Gasteiger partial charge in [-0.2, -0.15) is 10.1 Å². The van der Waals surface area contributed by atoms with Gasteiger partial charge < -0.3 is 10.1 Å². The maximum Gasteiger partial charge on any atom is 0.244 e. The molecule has 2 aliphatic heterocycles. The lowest BCUT2D eigenvalue weighted by Gasteiger charge is -2.29. The first-order valence-corrected chi connectivity index (χ1v) is 10.5. The van der Waals surface area contributed by atoms with Gasteiger partial charge in [-0.25, -0.2) is 23.4 Å². The Morgan fingerprint density at radius 3 is 2.88 bits per heavy atom. The summed E-state index contributed by atoms with van der Waals surface area (Å²) in [7, 11) is 0. The molecule has 1 amide bonds. The van der Waals surface area contributed by atoms with E-state index in [4.69, 9.17) is 4.74 Å². The molecule has 1 atom stereocenters. The molecule has 0 bridgehead atoms. The molecule has 5 heterocycles. The van der Waals surface area contributed by atoms with Crippen molar-refractivity contribution < 1.29 is 23.1 Å². The van der Waals surface area contributed by atoms with Gasteiger partial charge in [0.1, 0.15) is 34.3 Å². The summed E-state index contributed by atoms with van der Waals surface area (Å²) in [6.45, 7) is 1.51. The fourth-order valence-electron chi connectivity index (χ4n) is 4.60.